The average molecular weight is 385 g/mol. The van der Waals surface area contributed by atoms with E-state index in [1.165, 1.54) is 89.9 Å². The van der Waals surface area contributed by atoms with Gasteiger partial charge >= 0.3 is 8.56 Å². The fourth-order valence-corrected chi connectivity index (χ4v) is 11.4. The molecular weight excluding hydrogens is 336 g/mol. The standard InChI is InChI=1S/C23H48O2Si/c1-7-11-15-21-17-18-22(16-12-8-2)26(24-5,25-6)23(21,19-13-9-3)20-14-10-4/h21-22H,7-20H2,1-6H3. The molecule has 0 spiro atoms. The smallest absolute Gasteiger partial charge is 0.347 e. The molecule has 0 radical (unpaired) electrons. The Kier molecular flexibility index (Phi) is 11.7. The maximum Gasteiger partial charge on any atom is 0.347 e. The highest BCUT2D eigenvalue weighted by Gasteiger charge is 2.64. The van der Waals surface area contributed by atoms with E-state index >= 15 is 0 Å². The third-order valence-electron chi connectivity index (χ3n) is 7.25. The molecule has 2 unspecified atom stereocenters. The molecule has 1 heterocycles. The molecule has 0 saturated carbocycles. The number of hydrogen-bond donors (Lipinski definition) is 0. The fourth-order valence-electron chi connectivity index (χ4n) is 5.91. The molecule has 0 aromatic rings. The average Bonchev–Trinajstić information content (AvgIpc) is 2.68. The van der Waals surface area contributed by atoms with Crippen LogP contribution in [0.3, 0.4) is 0 Å². The molecule has 1 aliphatic heterocycles. The lowest BCUT2D eigenvalue weighted by Crippen LogP contribution is -2.61. The molecule has 1 saturated heterocycles. The topological polar surface area (TPSA) is 18.5 Å². The van der Waals surface area contributed by atoms with Gasteiger partial charge in [0.2, 0.25) is 0 Å². The van der Waals surface area contributed by atoms with Crippen molar-refractivity contribution in [3.63, 3.8) is 0 Å². The Bertz CT molecular complexity index is 346. The fraction of sp³-hybridized carbons (Fsp3) is 1.00. The molecule has 0 aromatic carbocycles. The second-order valence-electron chi connectivity index (χ2n) is 8.69. The molecule has 0 bridgehead atoms. The first kappa shape index (κ1) is 24.2. The van der Waals surface area contributed by atoms with Gasteiger partial charge in [-0.1, -0.05) is 85.5 Å². The summed E-state index contributed by atoms with van der Waals surface area (Å²) in [4.78, 5) is 0. The zero-order valence-corrected chi connectivity index (χ0v) is 19.9. The van der Waals surface area contributed by atoms with E-state index in [4.69, 9.17) is 8.85 Å². The Morgan fingerprint density at radius 1 is 0.731 bits per heavy atom. The summed E-state index contributed by atoms with van der Waals surface area (Å²) in [7, 11) is 1.71. The van der Waals surface area contributed by atoms with Crippen LogP contribution in [0.5, 0.6) is 0 Å². The highest BCUT2D eigenvalue weighted by molar-refractivity contribution is 6.72. The summed E-state index contributed by atoms with van der Waals surface area (Å²) in [5.74, 6) is 0.810. The van der Waals surface area contributed by atoms with Crippen molar-refractivity contribution in [1.82, 2.24) is 0 Å². The van der Waals surface area contributed by atoms with Gasteiger partial charge in [-0.2, -0.15) is 0 Å². The van der Waals surface area contributed by atoms with Gasteiger partial charge in [0.05, 0.1) is 0 Å². The zero-order valence-electron chi connectivity index (χ0n) is 18.9. The van der Waals surface area contributed by atoms with Crippen molar-refractivity contribution in [2.45, 2.75) is 128 Å². The predicted octanol–water partition coefficient (Wildman–Crippen LogP) is 8.00. The molecule has 26 heavy (non-hydrogen) atoms. The Hall–Kier alpha value is 0.137. The Labute approximate surface area is 166 Å². The van der Waals surface area contributed by atoms with Crippen molar-refractivity contribution >= 4 is 8.56 Å². The number of hydrogen-bond acceptors (Lipinski definition) is 2. The van der Waals surface area contributed by atoms with Gasteiger partial charge in [0.25, 0.3) is 0 Å². The van der Waals surface area contributed by atoms with Gasteiger partial charge in [-0.25, -0.2) is 0 Å². The van der Waals surface area contributed by atoms with Gasteiger partial charge in [0, 0.05) is 24.8 Å². The molecule has 2 nitrogen and oxygen atoms in total. The molecule has 1 rings (SSSR count). The van der Waals surface area contributed by atoms with Crippen LogP contribution in [0.25, 0.3) is 0 Å². The zero-order chi connectivity index (χ0) is 19.5. The summed E-state index contributed by atoms with van der Waals surface area (Å²) in [6.07, 6.45) is 18.6. The van der Waals surface area contributed by atoms with Crippen LogP contribution in [-0.4, -0.2) is 22.8 Å². The number of unbranched alkanes of at least 4 members (excludes halogenated alkanes) is 4. The van der Waals surface area contributed by atoms with Crippen molar-refractivity contribution in [3.8, 4) is 0 Å². The molecule has 0 N–H and O–H groups in total. The summed E-state index contributed by atoms with van der Waals surface area (Å²) >= 11 is 0. The summed E-state index contributed by atoms with van der Waals surface area (Å²) < 4.78 is 13.1. The molecular formula is C23H48O2Si. The third-order valence-corrected chi connectivity index (χ3v) is 12.4. The monoisotopic (exact) mass is 384 g/mol. The van der Waals surface area contributed by atoms with E-state index in [2.05, 4.69) is 27.7 Å². The van der Waals surface area contributed by atoms with Crippen molar-refractivity contribution in [3.05, 3.63) is 0 Å². The van der Waals surface area contributed by atoms with Crippen molar-refractivity contribution in [2.24, 2.45) is 5.92 Å². The van der Waals surface area contributed by atoms with E-state index in [0.717, 1.165) is 5.92 Å². The van der Waals surface area contributed by atoms with Crippen LogP contribution >= 0.6 is 0 Å². The van der Waals surface area contributed by atoms with E-state index in [-0.39, 0.29) is 0 Å². The Morgan fingerprint density at radius 3 is 1.69 bits per heavy atom. The van der Waals surface area contributed by atoms with E-state index < -0.39 is 8.56 Å². The molecule has 1 aliphatic rings. The van der Waals surface area contributed by atoms with Gasteiger partial charge in [-0.3, -0.25) is 0 Å². The summed E-state index contributed by atoms with van der Waals surface area (Å²) in [5, 5.41) is 0.328. The second kappa shape index (κ2) is 12.6. The SMILES string of the molecule is CCCCC1CCC(CCCC)[Si](OC)(OC)C1(CCCC)CCCC. The van der Waals surface area contributed by atoms with Crippen LogP contribution in [0, 0.1) is 5.92 Å². The lowest BCUT2D eigenvalue weighted by molar-refractivity contribution is 0.105. The normalized spacial score (nSPS) is 24.7. The van der Waals surface area contributed by atoms with Crippen LogP contribution in [-0.2, 0) is 8.85 Å². The van der Waals surface area contributed by atoms with Gasteiger partial charge < -0.3 is 8.85 Å². The molecule has 0 aliphatic carbocycles. The van der Waals surface area contributed by atoms with Crippen LogP contribution < -0.4 is 0 Å². The van der Waals surface area contributed by atoms with Crippen molar-refractivity contribution in [2.75, 3.05) is 14.2 Å². The van der Waals surface area contributed by atoms with Crippen molar-refractivity contribution < 1.29 is 8.85 Å². The Balaban J connectivity index is 3.33. The third kappa shape index (κ3) is 5.14. The highest BCUT2D eigenvalue weighted by atomic mass is 28.4. The van der Waals surface area contributed by atoms with Crippen LogP contribution in [0.2, 0.25) is 10.6 Å². The highest BCUT2D eigenvalue weighted by Crippen LogP contribution is 2.65. The van der Waals surface area contributed by atoms with E-state index in [1.54, 1.807) is 0 Å². The van der Waals surface area contributed by atoms with Gasteiger partial charge in [0.15, 0.2) is 0 Å². The first-order valence-corrected chi connectivity index (χ1v) is 13.6. The van der Waals surface area contributed by atoms with Crippen LogP contribution in [0.1, 0.15) is 118 Å². The number of rotatable bonds is 14. The minimum Gasteiger partial charge on any atom is -0.397 e. The van der Waals surface area contributed by atoms with E-state index in [1.807, 2.05) is 14.2 Å². The maximum atomic E-state index is 6.57. The quantitative estimate of drug-likeness (QED) is 0.282. The maximum absolute atomic E-state index is 6.57. The van der Waals surface area contributed by atoms with Gasteiger partial charge in [-0.15, -0.1) is 0 Å². The Morgan fingerprint density at radius 2 is 1.23 bits per heavy atom. The van der Waals surface area contributed by atoms with E-state index in [0.29, 0.717) is 10.6 Å². The minimum atomic E-state index is -2.26. The lowest BCUT2D eigenvalue weighted by atomic mass is 9.76. The molecule has 0 amide bonds. The predicted molar refractivity (Wildman–Crippen MR) is 117 cm³/mol. The molecule has 156 valence electrons. The summed E-state index contributed by atoms with van der Waals surface area (Å²) in [5.41, 5.74) is 0.684. The molecule has 3 heteroatoms. The second-order valence-corrected chi connectivity index (χ2v) is 12.7. The first-order chi connectivity index (χ1) is 12.6. The molecule has 1 fully saturated rings. The summed E-state index contributed by atoms with van der Waals surface area (Å²) in [6.45, 7) is 9.34. The first-order valence-electron chi connectivity index (χ1n) is 11.7. The van der Waals surface area contributed by atoms with Crippen molar-refractivity contribution in [1.29, 1.82) is 0 Å². The van der Waals surface area contributed by atoms with Gasteiger partial charge in [-0.05, 0) is 38.0 Å². The largest absolute Gasteiger partial charge is 0.397 e. The van der Waals surface area contributed by atoms with Crippen LogP contribution in [0.4, 0.5) is 0 Å². The molecule has 0 aromatic heterocycles. The summed E-state index contributed by atoms with van der Waals surface area (Å²) in [6, 6.07) is 0. The minimum absolute atomic E-state index is 0.328. The van der Waals surface area contributed by atoms with Crippen LogP contribution in [0.15, 0.2) is 0 Å². The van der Waals surface area contributed by atoms with E-state index in [9.17, 15) is 0 Å². The van der Waals surface area contributed by atoms with Gasteiger partial charge in [0.1, 0.15) is 0 Å². The molecule has 2 atom stereocenters. The lowest BCUT2D eigenvalue weighted by Gasteiger charge is -2.57.